The van der Waals surface area contributed by atoms with Crippen LogP contribution in [0.4, 0.5) is 0 Å². The summed E-state index contributed by atoms with van der Waals surface area (Å²) in [5.74, 6) is 0.304. The van der Waals surface area contributed by atoms with E-state index in [1.807, 2.05) is 4.90 Å². The molecule has 1 rings (SSSR count). The summed E-state index contributed by atoms with van der Waals surface area (Å²) in [7, 11) is 0. The van der Waals surface area contributed by atoms with Crippen LogP contribution in [0.15, 0.2) is 0 Å². The molecule has 1 aliphatic heterocycles. The fourth-order valence-corrected chi connectivity index (χ4v) is 2.27. The van der Waals surface area contributed by atoms with E-state index in [-0.39, 0.29) is 0 Å². The fourth-order valence-electron chi connectivity index (χ4n) is 1.69. The summed E-state index contributed by atoms with van der Waals surface area (Å²) in [5, 5.41) is 0. The van der Waals surface area contributed by atoms with E-state index in [0.717, 1.165) is 19.4 Å². The molecule has 2 unspecified atom stereocenters. The Kier molecular flexibility index (Phi) is 3.56. The van der Waals surface area contributed by atoms with E-state index in [1.165, 1.54) is 0 Å². The van der Waals surface area contributed by atoms with Gasteiger partial charge in [-0.25, -0.2) is 0 Å². The van der Waals surface area contributed by atoms with Crippen molar-refractivity contribution in [3.05, 3.63) is 0 Å². The lowest BCUT2D eigenvalue weighted by Crippen LogP contribution is -2.34. The van der Waals surface area contributed by atoms with Gasteiger partial charge in [0.25, 0.3) is 0 Å². The number of hydrogen-bond acceptors (Lipinski definition) is 1. The van der Waals surface area contributed by atoms with E-state index in [2.05, 4.69) is 29.8 Å². The predicted octanol–water partition coefficient (Wildman–Crippen LogP) is 2.17. The van der Waals surface area contributed by atoms with Crippen molar-refractivity contribution in [1.82, 2.24) is 4.90 Å². The maximum Gasteiger partial charge on any atom is 0.224 e. The van der Waals surface area contributed by atoms with Crippen molar-refractivity contribution in [2.45, 2.75) is 44.0 Å². The molecule has 0 aromatic rings. The lowest BCUT2D eigenvalue weighted by molar-refractivity contribution is -0.129. The van der Waals surface area contributed by atoms with Gasteiger partial charge in [-0.15, -0.1) is 0 Å². The van der Waals surface area contributed by atoms with Crippen molar-refractivity contribution < 1.29 is 4.79 Å². The van der Waals surface area contributed by atoms with Crippen molar-refractivity contribution >= 4 is 21.8 Å². The van der Waals surface area contributed by atoms with E-state index in [0.29, 0.717) is 23.2 Å². The molecule has 0 aromatic heterocycles. The molecule has 1 heterocycles. The molecule has 0 saturated carbocycles. The van der Waals surface area contributed by atoms with Gasteiger partial charge in [-0.2, -0.15) is 0 Å². The first kappa shape index (κ1) is 10.0. The van der Waals surface area contributed by atoms with Crippen LogP contribution in [-0.2, 0) is 4.79 Å². The highest BCUT2D eigenvalue weighted by Crippen LogP contribution is 2.21. The largest absolute Gasteiger partial charge is 0.339 e. The van der Waals surface area contributed by atoms with Gasteiger partial charge in [-0.05, 0) is 13.3 Å². The third kappa shape index (κ3) is 2.22. The highest BCUT2D eigenvalue weighted by molar-refractivity contribution is 9.09. The van der Waals surface area contributed by atoms with E-state index >= 15 is 0 Å². The van der Waals surface area contributed by atoms with Crippen LogP contribution in [0, 0.1) is 0 Å². The Labute approximate surface area is 82.4 Å². The SMILES string of the molecule is CCCC(C)N1CC(Br)CC1=O. The third-order valence-corrected chi connectivity index (χ3v) is 2.96. The van der Waals surface area contributed by atoms with E-state index in [9.17, 15) is 4.79 Å². The van der Waals surface area contributed by atoms with Gasteiger partial charge in [-0.1, -0.05) is 29.3 Å². The van der Waals surface area contributed by atoms with Crippen LogP contribution in [0.5, 0.6) is 0 Å². The first-order valence-corrected chi connectivity index (χ1v) is 5.50. The second-order valence-corrected chi connectivity index (χ2v) is 4.78. The van der Waals surface area contributed by atoms with Crippen molar-refractivity contribution in [2.75, 3.05) is 6.54 Å². The Hall–Kier alpha value is -0.0500. The molecule has 1 saturated heterocycles. The minimum absolute atomic E-state index is 0.304. The minimum atomic E-state index is 0.304. The topological polar surface area (TPSA) is 20.3 Å². The summed E-state index contributed by atoms with van der Waals surface area (Å²) in [6.07, 6.45) is 2.94. The molecular formula is C9H16BrNO. The summed E-state index contributed by atoms with van der Waals surface area (Å²) < 4.78 is 0. The molecule has 0 aliphatic carbocycles. The molecule has 0 N–H and O–H groups in total. The lowest BCUT2D eigenvalue weighted by atomic mass is 10.2. The van der Waals surface area contributed by atoms with Gasteiger partial charge in [0.05, 0.1) is 0 Å². The zero-order valence-electron chi connectivity index (χ0n) is 7.72. The lowest BCUT2D eigenvalue weighted by Gasteiger charge is -2.23. The van der Waals surface area contributed by atoms with Crippen LogP contribution in [0.3, 0.4) is 0 Å². The van der Waals surface area contributed by atoms with Crippen molar-refractivity contribution in [3.8, 4) is 0 Å². The molecule has 0 bridgehead atoms. The highest BCUT2D eigenvalue weighted by atomic mass is 79.9. The van der Waals surface area contributed by atoms with Crippen LogP contribution in [0.25, 0.3) is 0 Å². The second-order valence-electron chi connectivity index (χ2n) is 3.49. The smallest absolute Gasteiger partial charge is 0.224 e. The molecule has 1 amide bonds. The van der Waals surface area contributed by atoms with Crippen LogP contribution in [0.1, 0.15) is 33.1 Å². The zero-order chi connectivity index (χ0) is 9.14. The first-order valence-electron chi connectivity index (χ1n) is 4.58. The van der Waals surface area contributed by atoms with E-state index < -0.39 is 0 Å². The van der Waals surface area contributed by atoms with E-state index in [4.69, 9.17) is 0 Å². The normalized spacial score (nSPS) is 26.4. The fraction of sp³-hybridized carbons (Fsp3) is 0.889. The number of hydrogen-bond donors (Lipinski definition) is 0. The standard InChI is InChI=1S/C9H16BrNO/c1-3-4-7(2)11-6-8(10)5-9(11)12/h7-8H,3-6H2,1-2H3. The molecule has 12 heavy (non-hydrogen) atoms. The Balaban J connectivity index is 2.46. The number of alkyl halides is 1. The molecule has 70 valence electrons. The average molecular weight is 234 g/mol. The number of rotatable bonds is 3. The molecule has 0 radical (unpaired) electrons. The molecule has 2 atom stereocenters. The van der Waals surface area contributed by atoms with Crippen LogP contribution in [0.2, 0.25) is 0 Å². The van der Waals surface area contributed by atoms with Gasteiger partial charge in [0.1, 0.15) is 0 Å². The first-order chi connectivity index (χ1) is 5.65. The van der Waals surface area contributed by atoms with Gasteiger partial charge in [-0.3, -0.25) is 4.79 Å². The summed E-state index contributed by atoms with van der Waals surface area (Å²) >= 11 is 3.48. The minimum Gasteiger partial charge on any atom is -0.339 e. The van der Waals surface area contributed by atoms with Gasteiger partial charge in [0, 0.05) is 23.8 Å². The summed E-state index contributed by atoms with van der Waals surface area (Å²) in [5.41, 5.74) is 0. The van der Waals surface area contributed by atoms with Crippen LogP contribution in [-0.4, -0.2) is 28.2 Å². The maximum atomic E-state index is 11.4. The van der Waals surface area contributed by atoms with Crippen molar-refractivity contribution in [3.63, 3.8) is 0 Å². The Morgan fingerprint density at radius 1 is 1.75 bits per heavy atom. The van der Waals surface area contributed by atoms with Crippen LogP contribution < -0.4 is 0 Å². The molecule has 1 aliphatic rings. The Bertz CT molecular complexity index is 172. The molecule has 3 heteroatoms. The number of nitrogens with zero attached hydrogens (tertiary/aromatic N) is 1. The molecule has 2 nitrogen and oxygen atoms in total. The summed E-state index contributed by atoms with van der Waals surface area (Å²) in [4.78, 5) is 13.8. The molecular weight excluding hydrogens is 218 g/mol. The van der Waals surface area contributed by atoms with Gasteiger partial charge in [0.15, 0.2) is 0 Å². The molecule has 0 spiro atoms. The third-order valence-electron chi connectivity index (χ3n) is 2.35. The van der Waals surface area contributed by atoms with Crippen molar-refractivity contribution in [1.29, 1.82) is 0 Å². The summed E-state index contributed by atoms with van der Waals surface area (Å²) in [6.45, 7) is 5.18. The Morgan fingerprint density at radius 2 is 2.42 bits per heavy atom. The number of halogens is 1. The maximum absolute atomic E-state index is 11.4. The number of carbonyl (C=O) groups excluding carboxylic acids is 1. The number of likely N-dealkylation sites (tertiary alicyclic amines) is 1. The number of carbonyl (C=O) groups is 1. The molecule has 0 aromatic carbocycles. The summed E-state index contributed by atoms with van der Waals surface area (Å²) in [6, 6.07) is 0.421. The van der Waals surface area contributed by atoms with Gasteiger partial charge < -0.3 is 4.90 Å². The average Bonchev–Trinajstić information content (AvgIpc) is 2.30. The van der Waals surface area contributed by atoms with Crippen molar-refractivity contribution in [2.24, 2.45) is 0 Å². The van der Waals surface area contributed by atoms with Gasteiger partial charge >= 0.3 is 0 Å². The van der Waals surface area contributed by atoms with Gasteiger partial charge in [0.2, 0.25) is 5.91 Å². The Morgan fingerprint density at radius 3 is 2.83 bits per heavy atom. The monoisotopic (exact) mass is 233 g/mol. The second kappa shape index (κ2) is 4.26. The molecule has 1 fully saturated rings. The van der Waals surface area contributed by atoms with E-state index in [1.54, 1.807) is 0 Å². The highest BCUT2D eigenvalue weighted by Gasteiger charge is 2.30. The quantitative estimate of drug-likeness (QED) is 0.685. The predicted molar refractivity (Wildman–Crippen MR) is 53.4 cm³/mol. The zero-order valence-corrected chi connectivity index (χ0v) is 9.30. The number of amides is 1. The van der Waals surface area contributed by atoms with Crippen LogP contribution >= 0.6 is 15.9 Å².